The molecule has 230 valence electrons. The highest BCUT2D eigenvalue weighted by molar-refractivity contribution is 5.97. The molecule has 0 aromatic heterocycles. The highest BCUT2D eigenvalue weighted by Crippen LogP contribution is 2.27. The molecule has 0 aliphatic heterocycles. The highest BCUT2D eigenvalue weighted by Gasteiger charge is 2.15. The number of anilines is 1. The molecule has 0 radical (unpaired) electrons. The van der Waals surface area contributed by atoms with E-state index in [9.17, 15) is 14.4 Å². The maximum Gasteiger partial charge on any atom is 0.249 e. The Bertz CT molecular complexity index is 1030. The minimum absolute atomic E-state index is 0.144. The second kappa shape index (κ2) is 20.3. The molecule has 0 saturated heterocycles. The molecule has 0 bridgehead atoms. The number of nitrogens with one attached hydrogen (secondary N) is 3. The molecule has 1 aromatic carbocycles. The van der Waals surface area contributed by atoms with Crippen LogP contribution in [0.5, 0.6) is 0 Å². The normalized spacial score (nSPS) is 12.0. The number of likely N-dealkylation sites (N-methyl/N-ethyl adjacent to an activating group) is 1. The number of primary amides is 1. The Hall–Kier alpha value is -3.57. The Balaban J connectivity index is 2.57. The maximum absolute atomic E-state index is 12.1. The van der Waals surface area contributed by atoms with E-state index in [4.69, 9.17) is 17.2 Å². The number of amides is 2. The molecule has 0 heterocycles. The van der Waals surface area contributed by atoms with Gasteiger partial charge in [0.1, 0.15) is 12.9 Å². The van der Waals surface area contributed by atoms with Gasteiger partial charge in [0.2, 0.25) is 11.8 Å². The lowest BCUT2D eigenvalue weighted by molar-refractivity contribution is -0.705. The topological polar surface area (TPSA) is 215 Å². The van der Waals surface area contributed by atoms with Crippen LogP contribution in [0.25, 0.3) is 5.57 Å². The van der Waals surface area contributed by atoms with E-state index in [1.54, 1.807) is 6.07 Å². The average molecular weight is 582 g/mol. The van der Waals surface area contributed by atoms with Crippen molar-refractivity contribution < 1.29 is 39.3 Å². The Morgan fingerprint density at radius 3 is 2.41 bits per heavy atom. The van der Waals surface area contributed by atoms with E-state index in [0.29, 0.717) is 56.0 Å². The molecule has 0 spiro atoms. The van der Waals surface area contributed by atoms with Crippen LogP contribution in [0.2, 0.25) is 0 Å². The summed E-state index contributed by atoms with van der Waals surface area (Å²) in [6.07, 6.45) is 4.15. The van der Waals surface area contributed by atoms with Crippen molar-refractivity contribution in [3.8, 4) is 0 Å². The van der Waals surface area contributed by atoms with E-state index in [1.165, 1.54) is 0 Å². The number of nitrogens with zero attached hydrogens (tertiary/aromatic N) is 1. The summed E-state index contributed by atoms with van der Waals surface area (Å²) in [6, 6.07) is 3.85. The number of carbonyl (C=O) groups is 3. The van der Waals surface area contributed by atoms with Crippen molar-refractivity contribution in [2.45, 2.75) is 40.3 Å². The number of hydrogen-bond acceptors (Lipinski definition) is 13. The number of rotatable bonds is 22. The first-order valence-electron chi connectivity index (χ1n) is 13.1. The van der Waals surface area contributed by atoms with Crippen LogP contribution in [0, 0.1) is 0 Å². The van der Waals surface area contributed by atoms with Crippen molar-refractivity contribution >= 4 is 29.4 Å². The molecule has 0 unspecified atom stereocenters. The van der Waals surface area contributed by atoms with Crippen LogP contribution in [0.1, 0.15) is 49.2 Å². The fraction of sp³-hybridized carbons (Fsp3) is 0.500. The van der Waals surface area contributed by atoms with Crippen molar-refractivity contribution in [3.05, 3.63) is 46.8 Å². The number of hydrogen-bond donors (Lipinski definition) is 6. The molecule has 15 nitrogen and oxygen atoms in total. The molecule has 2 amide bonds. The fourth-order valence-corrected chi connectivity index (χ4v) is 3.53. The number of carbonyl (C=O) groups excluding carboxylic acids is 3. The zero-order chi connectivity index (χ0) is 30.6. The zero-order valence-electron chi connectivity index (χ0n) is 24.1. The third-order valence-corrected chi connectivity index (χ3v) is 5.53. The van der Waals surface area contributed by atoms with Crippen molar-refractivity contribution in [1.82, 2.24) is 15.5 Å². The quantitative estimate of drug-likeness (QED) is 0.0356. The van der Waals surface area contributed by atoms with E-state index in [1.807, 2.05) is 50.8 Å². The summed E-state index contributed by atoms with van der Waals surface area (Å²) < 4.78 is 0. The van der Waals surface area contributed by atoms with Crippen LogP contribution in [0.4, 0.5) is 5.69 Å². The average Bonchev–Trinajstić information content (AvgIpc) is 2.94. The molecule has 0 aliphatic carbocycles. The number of aldehydes is 1. The van der Waals surface area contributed by atoms with Gasteiger partial charge in [0.15, 0.2) is 6.61 Å². The van der Waals surface area contributed by atoms with E-state index >= 15 is 0 Å². The minimum Gasteiger partial charge on any atom is -0.385 e. The molecule has 1 aromatic rings. The maximum atomic E-state index is 12.1. The Labute approximate surface area is 240 Å². The van der Waals surface area contributed by atoms with Crippen LogP contribution in [0.15, 0.2) is 30.1 Å². The molecular formula is C26H43N7O8. The van der Waals surface area contributed by atoms with Crippen LogP contribution >= 0.6 is 0 Å². The smallest absolute Gasteiger partial charge is 0.249 e. The van der Waals surface area contributed by atoms with Gasteiger partial charge in [-0.05, 0) is 72.2 Å². The monoisotopic (exact) mass is 581 g/mol. The van der Waals surface area contributed by atoms with Crippen molar-refractivity contribution in [3.63, 3.8) is 0 Å². The van der Waals surface area contributed by atoms with E-state index < -0.39 is 18.4 Å². The highest BCUT2D eigenvalue weighted by atomic mass is 17.8. The van der Waals surface area contributed by atoms with Crippen LogP contribution < -0.4 is 33.2 Å². The molecule has 9 N–H and O–H groups in total. The largest absolute Gasteiger partial charge is 0.385 e. The molecule has 0 saturated carbocycles. The van der Waals surface area contributed by atoms with Gasteiger partial charge in [-0.15, -0.1) is 0 Å². The summed E-state index contributed by atoms with van der Waals surface area (Å²) in [4.78, 5) is 44.3. The molecule has 0 aliphatic rings. The summed E-state index contributed by atoms with van der Waals surface area (Å²) in [5.41, 5.74) is 21.5. The molecule has 15 heteroatoms. The minimum atomic E-state index is -0.535. The van der Waals surface area contributed by atoms with E-state index in [2.05, 4.69) is 40.8 Å². The Morgan fingerprint density at radius 1 is 1.05 bits per heavy atom. The third kappa shape index (κ3) is 14.1. The second-order valence-electron chi connectivity index (χ2n) is 8.96. The molecule has 0 fully saturated rings. The first-order valence-corrected chi connectivity index (χ1v) is 13.1. The summed E-state index contributed by atoms with van der Waals surface area (Å²) in [5.74, 6) is -0.398. The third-order valence-electron chi connectivity index (χ3n) is 5.53. The van der Waals surface area contributed by atoms with Crippen molar-refractivity contribution in [2.24, 2.45) is 17.2 Å². The standard InChI is InChI=1S/C26H43N7O8/c1-5-33(11-10-30-8-9-31-25(35)17-38-40-41-39-37-13-12-34)24(28)7-6-19(4)20-14-21(26(29)36)22(16-27)23(15-20)32-18(2)3/h6-7,12,14-15,18,30,32H,5,8-11,13,16-17,27-28H2,1-4H3,(H2,29,36)(H,31,35)/b19-6+,24-7+. The van der Waals surface area contributed by atoms with Crippen molar-refractivity contribution in [2.75, 3.05) is 51.3 Å². The fourth-order valence-electron chi connectivity index (χ4n) is 3.53. The second-order valence-corrected chi connectivity index (χ2v) is 8.96. The first-order chi connectivity index (χ1) is 19.6. The van der Waals surface area contributed by atoms with Gasteiger partial charge in [0.25, 0.3) is 0 Å². The summed E-state index contributed by atoms with van der Waals surface area (Å²) >= 11 is 0. The Morgan fingerprint density at radius 2 is 1.78 bits per heavy atom. The zero-order valence-corrected chi connectivity index (χ0v) is 24.1. The number of allylic oxidation sites excluding steroid dienone is 3. The SMILES string of the molecule is CCN(CCNCCNC(=O)COOOOOCC=O)/C(N)=C/C=C(\C)c1cc(NC(C)C)c(CN)c(C(N)=O)c1. The van der Waals surface area contributed by atoms with Crippen molar-refractivity contribution in [1.29, 1.82) is 0 Å². The Kier molecular flexibility index (Phi) is 17.6. The molecule has 41 heavy (non-hydrogen) atoms. The lowest BCUT2D eigenvalue weighted by atomic mass is 9.96. The first kappa shape index (κ1) is 35.5. The molecule has 1 rings (SSSR count). The lowest BCUT2D eigenvalue weighted by Crippen LogP contribution is -2.38. The summed E-state index contributed by atoms with van der Waals surface area (Å²) in [5, 5.41) is 21.1. The van der Waals surface area contributed by atoms with Crippen LogP contribution in [-0.4, -0.2) is 75.0 Å². The van der Waals surface area contributed by atoms with Crippen LogP contribution in [-0.2, 0) is 41.0 Å². The summed E-state index contributed by atoms with van der Waals surface area (Å²) in [7, 11) is 0. The summed E-state index contributed by atoms with van der Waals surface area (Å²) in [6.45, 7) is 10.2. The van der Waals surface area contributed by atoms with Gasteiger partial charge in [0, 0.05) is 62.1 Å². The van der Waals surface area contributed by atoms with Gasteiger partial charge in [0.05, 0.1) is 5.82 Å². The van der Waals surface area contributed by atoms with Gasteiger partial charge in [-0.25, -0.2) is 0 Å². The number of benzene rings is 1. The predicted octanol–water partition coefficient (Wildman–Crippen LogP) is 0.238. The van der Waals surface area contributed by atoms with Gasteiger partial charge < -0.3 is 42.8 Å². The van der Waals surface area contributed by atoms with E-state index in [-0.39, 0.29) is 19.2 Å². The van der Waals surface area contributed by atoms with Gasteiger partial charge in [-0.3, -0.25) is 9.59 Å². The van der Waals surface area contributed by atoms with Gasteiger partial charge in [-0.2, -0.15) is 9.78 Å². The molecule has 0 atom stereocenters. The lowest BCUT2D eigenvalue weighted by Gasteiger charge is -2.23. The molecular weight excluding hydrogens is 538 g/mol. The van der Waals surface area contributed by atoms with E-state index in [0.717, 1.165) is 16.8 Å². The van der Waals surface area contributed by atoms with Crippen LogP contribution in [0.3, 0.4) is 0 Å². The van der Waals surface area contributed by atoms with Gasteiger partial charge >= 0.3 is 0 Å². The van der Waals surface area contributed by atoms with Gasteiger partial charge in [-0.1, -0.05) is 6.08 Å². The number of nitrogens with two attached hydrogens (primary N) is 3. The predicted molar refractivity (Wildman–Crippen MR) is 152 cm³/mol.